The largest absolute Gasteiger partial charge is 0.373 e. The summed E-state index contributed by atoms with van der Waals surface area (Å²) in [4.78, 5) is 0. The highest BCUT2D eigenvalue weighted by atomic mass is 16.6. The Morgan fingerprint density at radius 2 is 0.809 bits per heavy atom. The fourth-order valence-electron chi connectivity index (χ4n) is 5.84. The topological polar surface area (TPSA) is 46.2 Å². The number of hydrogen-bond acceptors (Lipinski definition) is 5. The third kappa shape index (κ3) is 9.35. The molecule has 0 spiro atoms. The first-order valence-electron chi connectivity index (χ1n) is 16.2. The number of rotatable bonds is 17. The van der Waals surface area contributed by atoms with Crippen LogP contribution >= 0.6 is 0 Å². The van der Waals surface area contributed by atoms with Crippen LogP contribution in [0.3, 0.4) is 0 Å². The lowest BCUT2D eigenvalue weighted by Gasteiger charge is -2.37. The molecule has 0 fully saturated rings. The van der Waals surface area contributed by atoms with Crippen LogP contribution < -0.4 is 0 Å². The van der Waals surface area contributed by atoms with Crippen molar-refractivity contribution in [2.45, 2.75) is 50.8 Å². The molecule has 5 nitrogen and oxygen atoms in total. The van der Waals surface area contributed by atoms with E-state index in [4.69, 9.17) is 23.7 Å². The van der Waals surface area contributed by atoms with Gasteiger partial charge in [-0.2, -0.15) is 0 Å². The van der Waals surface area contributed by atoms with E-state index in [-0.39, 0.29) is 6.61 Å². The number of ether oxygens (including phenoxy) is 5. The van der Waals surface area contributed by atoms with Crippen molar-refractivity contribution in [3.63, 3.8) is 0 Å². The first-order chi connectivity index (χ1) is 23.3. The molecule has 0 radical (unpaired) electrons. The summed E-state index contributed by atoms with van der Waals surface area (Å²) >= 11 is 0. The predicted octanol–water partition coefficient (Wildman–Crippen LogP) is 8.49. The Hall–Kier alpha value is -4.36. The molecule has 5 heteroatoms. The molecule has 0 N–H and O–H groups in total. The van der Waals surface area contributed by atoms with Crippen molar-refractivity contribution in [1.29, 1.82) is 0 Å². The molecule has 1 aliphatic carbocycles. The van der Waals surface area contributed by atoms with E-state index in [2.05, 4.69) is 66.7 Å². The highest BCUT2D eigenvalue weighted by Gasteiger charge is 2.51. The van der Waals surface area contributed by atoms with E-state index in [1.807, 2.05) is 91.0 Å². The van der Waals surface area contributed by atoms with E-state index in [1.165, 1.54) is 0 Å². The summed E-state index contributed by atoms with van der Waals surface area (Å²) in [6.07, 6.45) is 1.23. The molecule has 0 unspecified atom stereocenters. The van der Waals surface area contributed by atoms with Crippen LogP contribution in [0, 0.1) is 0 Å². The van der Waals surface area contributed by atoms with Crippen molar-refractivity contribution in [1.82, 2.24) is 0 Å². The molecule has 5 aromatic carbocycles. The third-order valence-corrected chi connectivity index (χ3v) is 8.27. The van der Waals surface area contributed by atoms with Crippen LogP contribution in [0.15, 0.2) is 163 Å². The fraction of sp³-hybridized carbons (Fsp3) is 0.238. The molecule has 0 heterocycles. The van der Waals surface area contributed by atoms with Gasteiger partial charge in [-0.25, -0.2) is 0 Å². The zero-order chi connectivity index (χ0) is 32.0. The Labute approximate surface area is 278 Å². The molecule has 5 aromatic rings. The molecule has 47 heavy (non-hydrogen) atoms. The summed E-state index contributed by atoms with van der Waals surface area (Å²) in [6.45, 7) is 2.80. The van der Waals surface area contributed by atoms with Gasteiger partial charge in [-0.05, 0) is 39.5 Å². The predicted molar refractivity (Wildman–Crippen MR) is 184 cm³/mol. The van der Waals surface area contributed by atoms with Crippen LogP contribution in [0.5, 0.6) is 0 Å². The molecule has 6 rings (SSSR count). The lowest BCUT2D eigenvalue weighted by atomic mass is 9.99. The SMILES string of the molecule is C1=C(COCc2ccccc2)[C@@H](OCc2ccccc2)[C@H](OCc2ccccc2)[C@]1(COCc1ccccc1)OCc1ccccc1. The van der Waals surface area contributed by atoms with Gasteiger partial charge in [0.1, 0.15) is 17.8 Å². The summed E-state index contributed by atoms with van der Waals surface area (Å²) in [7, 11) is 0. The van der Waals surface area contributed by atoms with E-state index in [0.717, 1.165) is 33.4 Å². The second kappa shape index (κ2) is 17.0. The number of hydrogen-bond donors (Lipinski definition) is 0. The average Bonchev–Trinajstić information content (AvgIpc) is 3.42. The molecule has 0 saturated carbocycles. The Morgan fingerprint density at radius 1 is 0.404 bits per heavy atom. The quantitative estimate of drug-likeness (QED) is 0.0969. The molecular weight excluding hydrogens is 584 g/mol. The lowest BCUT2D eigenvalue weighted by molar-refractivity contribution is -0.185. The second-order valence-corrected chi connectivity index (χ2v) is 11.8. The zero-order valence-electron chi connectivity index (χ0n) is 26.7. The molecule has 0 aliphatic heterocycles. The standard InChI is InChI=1S/C42H42O5/c1-6-16-34(17-7-1)27-43-32-39-26-42(47-31-38-24-14-5-15-25-38,33-44-28-35-18-8-2-9-19-35)41(46-30-37-22-12-4-13-23-37)40(39)45-29-36-20-10-3-11-21-36/h1-26,40-41H,27-33H2/t40-,41+,42+/m1/s1. The van der Waals surface area contributed by atoms with Crippen molar-refractivity contribution in [2.24, 2.45) is 0 Å². The summed E-state index contributed by atoms with van der Waals surface area (Å²) in [5.41, 5.74) is 5.48. The Morgan fingerprint density at radius 3 is 1.30 bits per heavy atom. The monoisotopic (exact) mass is 626 g/mol. The van der Waals surface area contributed by atoms with E-state index >= 15 is 0 Å². The Balaban J connectivity index is 1.32. The normalized spacial score (nSPS) is 19.0. The second-order valence-electron chi connectivity index (χ2n) is 11.8. The minimum Gasteiger partial charge on any atom is -0.373 e. The van der Waals surface area contributed by atoms with Crippen molar-refractivity contribution in [2.75, 3.05) is 13.2 Å². The van der Waals surface area contributed by atoms with Crippen molar-refractivity contribution in [3.8, 4) is 0 Å². The van der Waals surface area contributed by atoms with Gasteiger partial charge < -0.3 is 23.7 Å². The van der Waals surface area contributed by atoms with Crippen molar-refractivity contribution >= 4 is 0 Å². The smallest absolute Gasteiger partial charge is 0.139 e. The van der Waals surface area contributed by atoms with Gasteiger partial charge >= 0.3 is 0 Å². The average molecular weight is 627 g/mol. The van der Waals surface area contributed by atoms with E-state index in [1.54, 1.807) is 0 Å². The molecule has 0 amide bonds. The third-order valence-electron chi connectivity index (χ3n) is 8.27. The summed E-state index contributed by atoms with van der Waals surface area (Å²) in [6, 6.07) is 51.1. The van der Waals surface area contributed by atoms with Crippen LogP contribution in [0.25, 0.3) is 0 Å². The molecule has 0 bridgehead atoms. The highest BCUT2D eigenvalue weighted by molar-refractivity contribution is 5.32. The molecule has 3 atom stereocenters. The van der Waals surface area contributed by atoms with Crippen LogP contribution in [-0.2, 0) is 56.7 Å². The van der Waals surface area contributed by atoms with Crippen molar-refractivity contribution in [3.05, 3.63) is 191 Å². The van der Waals surface area contributed by atoms with E-state index in [0.29, 0.717) is 39.6 Å². The van der Waals surface area contributed by atoms with Crippen LogP contribution in [0.1, 0.15) is 27.8 Å². The molecular formula is C42H42O5. The number of benzene rings is 5. The first kappa shape index (κ1) is 32.6. The van der Waals surface area contributed by atoms with E-state index < -0.39 is 17.8 Å². The molecule has 240 valence electrons. The van der Waals surface area contributed by atoms with Gasteiger partial charge in [0.15, 0.2) is 0 Å². The Bertz CT molecular complexity index is 1630. The zero-order valence-corrected chi connectivity index (χ0v) is 26.7. The van der Waals surface area contributed by atoms with E-state index in [9.17, 15) is 0 Å². The maximum absolute atomic E-state index is 6.93. The van der Waals surface area contributed by atoms with Gasteiger partial charge in [-0.3, -0.25) is 0 Å². The van der Waals surface area contributed by atoms with Gasteiger partial charge in [0, 0.05) is 0 Å². The van der Waals surface area contributed by atoms with Gasteiger partial charge in [-0.1, -0.05) is 152 Å². The molecule has 0 aromatic heterocycles. The maximum Gasteiger partial charge on any atom is 0.139 e. The molecule has 1 aliphatic rings. The van der Waals surface area contributed by atoms with Crippen LogP contribution in [0.2, 0.25) is 0 Å². The highest BCUT2D eigenvalue weighted by Crippen LogP contribution is 2.39. The summed E-state index contributed by atoms with van der Waals surface area (Å²) in [5, 5.41) is 0. The maximum atomic E-state index is 6.93. The fourth-order valence-corrected chi connectivity index (χ4v) is 5.84. The van der Waals surface area contributed by atoms with Crippen LogP contribution in [0.4, 0.5) is 0 Å². The lowest BCUT2D eigenvalue weighted by Crippen LogP contribution is -2.51. The summed E-state index contributed by atoms with van der Waals surface area (Å²) in [5.74, 6) is 0. The summed E-state index contributed by atoms with van der Waals surface area (Å²) < 4.78 is 33.3. The minimum absolute atomic E-state index is 0.279. The van der Waals surface area contributed by atoms with Crippen LogP contribution in [-0.4, -0.2) is 31.0 Å². The minimum atomic E-state index is -0.938. The van der Waals surface area contributed by atoms with Gasteiger partial charge in [0.2, 0.25) is 0 Å². The first-order valence-corrected chi connectivity index (χ1v) is 16.2. The van der Waals surface area contributed by atoms with Gasteiger partial charge in [0.25, 0.3) is 0 Å². The van der Waals surface area contributed by atoms with Crippen molar-refractivity contribution < 1.29 is 23.7 Å². The van der Waals surface area contributed by atoms with Gasteiger partial charge in [0.05, 0.1) is 46.2 Å². The van der Waals surface area contributed by atoms with Gasteiger partial charge in [-0.15, -0.1) is 0 Å². The molecule has 0 saturated heterocycles. The Kier molecular flexibility index (Phi) is 11.8.